The SMILES string of the molecule is O=C(c1ccccc1Cn1ccnc1)N1CCC[C@]2(C[C@@H](Oc3cccc(F)c3)CO2)C1. The van der Waals surface area contributed by atoms with E-state index in [0.717, 1.165) is 18.4 Å². The number of halogens is 1. The Morgan fingerprint density at radius 2 is 2.16 bits per heavy atom. The number of aromatic nitrogens is 2. The summed E-state index contributed by atoms with van der Waals surface area (Å²) in [6.45, 7) is 2.28. The fourth-order valence-corrected chi connectivity index (χ4v) is 4.78. The Kier molecular flexibility index (Phi) is 5.66. The van der Waals surface area contributed by atoms with Gasteiger partial charge in [-0.1, -0.05) is 24.3 Å². The van der Waals surface area contributed by atoms with Crippen LogP contribution in [-0.2, 0) is 11.3 Å². The van der Waals surface area contributed by atoms with Gasteiger partial charge in [-0.25, -0.2) is 9.37 Å². The number of hydrogen-bond donors (Lipinski definition) is 0. The lowest BCUT2D eigenvalue weighted by atomic mass is 9.88. The Labute approximate surface area is 186 Å². The van der Waals surface area contributed by atoms with Crippen molar-refractivity contribution >= 4 is 5.91 Å². The number of hydrogen-bond acceptors (Lipinski definition) is 4. The zero-order valence-corrected chi connectivity index (χ0v) is 17.8. The largest absolute Gasteiger partial charge is 0.488 e. The molecule has 3 heterocycles. The number of nitrogens with zero attached hydrogens (tertiary/aromatic N) is 3. The molecule has 0 aliphatic carbocycles. The van der Waals surface area contributed by atoms with E-state index in [1.165, 1.54) is 12.1 Å². The average Bonchev–Trinajstić information content (AvgIpc) is 3.44. The Morgan fingerprint density at radius 1 is 1.25 bits per heavy atom. The summed E-state index contributed by atoms with van der Waals surface area (Å²) in [6.07, 6.45) is 7.67. The molecule has 2 fully saturated rings. The van der Waals surface area contributed by atoms with Crippen LogP contribution >= 0.6 is 0 Å². The van der Waals surface area contributed by atoms with E-state index in [-0.39, 0.29) is 17.8 Å². The maximum absolute atomic E-state index is 13.5. The molecule has 5 rings (SSSR count). The molecule has 0 bridgehead atoms. The molecule has 1 spiro atoms. The quantitative estimate of drug-likeness (QED) is 0.610. The zero-order valence-electron chi connectivity index (χ0n) is 17.8. The Morgan fingerprint density at radius 3 is 3.00 bits per heavy atom. The van der Waals surface area contributed by atoms with Crippen LogP contribution in [0.4, 0.5) is 4.39 Å². The van der Waals surface area contributed by atoms with Gasteiger partial charge in [0.25, 0.3) is 5.91 Å². The second kappa shape index (κ2) is 8.74. The highest BCUT2D eigenvalue weighted by molar-refractivity contribution is 5.95. The van der Waals surface area contributed by atoms with Crippen LogP contribution in [0.5, 0.6) is 5.75 Å². The predicted octanol–water partition coefficient (Wildman–Crippen LogP) is 3.91. The summed E-state index contributed by atoms with van der Waals surface area (Å²) in [4.78, 5) is 19.5. The molecule has 32 heavy (non-hydrogen) atoms. The van der Waals surface area contributed by atoms with Gasteiger partial charge in [0.15, 0.2) is 0 Å². The van der Waals surface area contributed by atoms with E-state index in [0.29, 0.717) is 44.0 Å². The number of rotatable bonds is 5. The first-order valence-electron chi connectivity index (χ1n) is 11.0. The highest BCUT2D eigenvalue weighted by Crippen LogP contribution is 2.37. The van der Waals surface area contributed by atoms with E-state index in [9.17, 15) is 9.18 Å². The minimum Gasteiger partial charge on any atom is -0.488 e. The predicted molar refractivity (Wildman–Crippen MR) is 117 cm³/mol. The van der Waals surface area contributed by atoms with Crippen molar-refractivity contribution in [3.63, 3.8) is 0 Å². The number of amides is 1. The summed E-state index contributed by atoms with van der Waals surface area (Å²) in [5.74, 6) is 0.214. The van der Waals surface area contributed by atoms with Gasteiger partial charge >= 0.3 is 0 Å². The van der Waals surface area contributed by atoms with E-state index in [1.807, 2.05) is 39.9 Å². The van der Waals surface area contributed by atoms with Gasteiger partial charge in [-0.3, -0.25) is 4.79 Å². The normalized spacial score (nSPS) is 22.9. The van der Waals surface area contributed by atoms with Gasteiger partial charge in [-0.05, 0) is 36.6 Å². The molecule has 3 aromatic rings. The summed E-state index contributed by atoms with van der Waals surface area (Å²) in [6, 6.07) is 13.9. The summed E-state index contributed by atoms with van der Waals surface area (Å²) in [7, 11) is 0. The molecule has 0 saturated carbocycles. The van der Waals surface area contributed by atoms with Gasteiger partial charge in [-0.2, -0.15) is 0 Å². The smallest absolute Gasteiger partial charge is 0.254 e. The summed E-state index contributed by atoms with van der Waals surface area (Å²) in [5.41, 5.74) is 1.27. The number of carbonyl (C=O) groups excluding carboxylic acids is 1. The van der Waals surface area contributed by atoms with Crippen LogP contribution in [0.2, 0.25) is 0 Å². The third kappa shape index (κ3) is 4.39. The summed E-state index contributed by atoms with van der Waals surface area (Å²) >= 11 is 0. The van der Waals surface area contributed by atoms with Crippen molar-refractivity contribution in [2.75, 3.05) is 19.7 Å². The monoisotopic (exact) mass is 435 g/mol. The van der Waals surface area contributed by atoms with Crippen LogP contribution in [0.15, 0.2) is 67.3 Å². The zero-order chi connectivity index (χ0) is 22.0. The van der Waals surface area contributed by atoms with Crippen molar-refractivity contribution in [3.8, 4) is 5.75 Å². The van der Waals surface area contributed by atoms with E-state index in [2.05, 4.69) is 4.98 Å². The summed E-state index contributed by atoms with van der Waals surface area (Å²) in [5, 5.41) is 0. The van der Waals surface area contributed by atoms with Crippen molar-refractivity contribution in [1.29, 1.82) is 0 Å². The van der Waals surface area contributed by atoms with Crippen LogP contribution in [0.1, 0.15) is 35.2 Å². The van der Waals surface area contributed by atoms with Gasteiger partial charge in [0.1, 0.15) is 17.7 Å². The van der Waals surface area contributed by atoms with E-state index >= 15 is 0 Å². The molecule has 6 nitrogen and oxygen atoms in total. The van der Waals surface area contributed by atoms with Crippen LogP contribution in [0.3, 0.4) is 0 Å². The van der Waals surface area contributed by atoms with Gasteiger partial charge in [0, 0.05) is 43.5 Å². The van der Waals surface area contributed by atoms with Gasteiger partial charge in [0.2, 0.25) is 0 Å². The molecule has 1 amide bonds. The number of benzene rings is 2. The molecule has 0 unspecified atom stereocenters. The van der Waals surface area contributed by atoms with E-state index in [4.69, 9.17) is 9.47 Å². The molecule has 2 saturated heterocycles. The fourth-order valence-electron chi connectivity index (χ4n) is 4.78. The maximum Gasteiger partial charge on any atom is 0.254 e. The molecule has 7 heteroatoms. The number of carbonyl (C=O) groups is 1. The van der Waals surface area contributed by atoms with Crippen molar-refractivity contribution < 1.29 is 18.7 Å². The highest BCUT2D eigenvalue weighted by Gasteiger charge is 2.45. The molecule has 2 aliphatic heterocycles. The average molecular weight is 435 g/mol. The first kappa shape index (κ1) is 20.7. The third-order valence-corrected chi connectivity index (χ3v) is 6.26. The van der Waals surface area contributed by atoms with E-state index in [1.54, 1.807) is 24.7 Å². The second-order valence-electron chi connectivity index (χ2n) is 8.62. The molecule has 2 aromatic carbocycles. The molecule has 0 radical (unpaired) electrons. The molecular weight excluding hydrogens is 409 g/mol. The van der Waals surface area contributed by atoms with Crippen LogP contribution in [0, 0.1) is 5.82 Å². The number of likely N-dealkylation sites (tertiary alicyclic amines) is 1. The molecule has 2 aliphatic rings. The molecule has 166 valence electrons. The Balaban J connectivity index is 1.28. The lowest BCUT2D eigenvalue weighted by Crippen LogP contribution is -2.50. The first-order chi connectivity index (χ1) is 15.6. The molecule has 0 N–H and O–H groups in total. The van der Waals surface area contributed by atoms with Gasteiger partial charge in [-0.15, -0.1) is 0 Å². The minimum absolute atomic E-state index is 0.0258. The first-order valence-corrected chi connectivity index (χ1v) is 11.0. The van der Waals surface area contributed by atoms with Crippen molar-refractivity contribution in [2.45, 2.75) is 37.5 Å². The molecular formula is C25H26FN3O3. The third-order valence-electron chi connectivity index (χ3n) is 6.26. The number of piperidine rings is 1. The van der Waals surface area contributed by atoms with Crippen LogP contribution < -0.4 is 4.74 Å². The lowest BCUT2D eigenvalue weighted by Gasteiger charge is -2.39. The Bertz CT molecular complexity index is 1090. The maximum atomic E-state index is 13.5. The van der Waals surface area contributed by atoms with Crippen molar-refractivity contribution in [1.82, 2.24) is 14.5 Å². The molecule has 2 atom stereocenters. The topological polar surface area (TPSA) is 56.6 Å². The van der Waals surface area contributed by atoms with E-state index < -0.39 is 5.60 Å². The Hall–Kier alpha value is -3.19. The standard InChI is InChI=1S/C25H26FN3O3/c26-20-6-3-7-21(13-20)32-22-14-25(31-16-22)9-4-11-29(17-25)24(30)23-8-2-1-5-19(23)15-28-12-10-27-18-28/h1-3,5-8,10,12-13,18,22H,4,9,11,14-17H2/t22-,25+/m1/s1. The van der Waals surface area contributed by atoms with Crippen molar-refractivity contribution in [3.05, 3.63) is 84.2 Å². The molecule has 1 aromatic heterocycles. The summed E-state index contributed by atoms with van der Waals surface area (Å²) < 4.78 is 27.6. The van der Waals surface area contributed by atoms with Crippen LogP contribution in [-0.4, -0.2) is 51.8 Å². The van der Waals surface area contributed by atoms with Crippen LogP contribution in [0.25, 0.3) is 0 Å². The number of imidazole rings is 1. The highest BCUT2D eigenvalue weighted by atomic mass is 19.1. The minimum atomic E-state index is -0.412. The van der Waals surface area contributed by atoms with Gasteiger partial charge < -0.3 is 18.9 Å². The fraction of sp³-hybridized carbons (Fsp3) is 0.360. The van der Waals surface area contributed by atoms with Gasteiger partial charge in [0.05, 0.1) is 25.1 Å². The van der Waals surface area contributed by atoms with Crippen molar-refractivity contribution in [2.24, 2.45) is 0 Å². The number of ether oxygens (including phenoxy) is 2. The second-order valence-corrected chi connectivity index (χ2v) is 8.62. The lowest BCUT2D eigenvalue weighted by molar-refractivity contribution is -0.0453.